The lowest BCUT2D eigenvalue weighted by Gasteiger charge is -2.21. The van der Waals surface area contributed by atoms with Crippen molar-refractivity contribution in [2.24, 2.45) is 0 Å². The third kappa shape index (κ3) is 6.63. The number of carbonyl (C=O) groups is 1. The SMILES string of the molecule is CCCC1NC(c2cccc(F)c2)CC1SCCC(=O)OC(C)(C)C. The second-order valence-corrected chi connectivity index (χ2v) is 9.00. The first-order chi connectivity index (χ1) is 11.8. The fourth-order valence-electron chi connectivity index (χ4n) is 3.24. The van der Waals surface area contributed by atoms with Gasteiger partial charge in [-0.05, 0) is 51.3 Å². The minimum Gasteiger partial charge on any atom is -0.460 e. The molecule has 140 valence electrons. The van der Waals surface area contributed by atoms with Crippen LogP contribution < -0.4 is 5.32 Å². The van der Waals surface area contributed by atoms with E-state index in [1.54, 1.807) is 12.1 Å². The first kappa shape index (κ1) is 20.2. The second kappa shape index (κ2) is 9.04. The van der Waals surface area contributed by atoms with Crippen LogP contribution >= 0.6 is 11.8 Å². The molecule has 1 aromatic rings. The lowest BCUT2D eigenvalue weighted by Crippen LogP contribution is -2.30. The molecular formula is C20H30FNO2S. The smallest absolute Gasteiger partial charge is 0.307 e. The Morgan fingerprint density at radius 1 is 1.40 bits per heavy atom. The van der Waals surface area contributed by atoms with Crippen LogP contribution in [0.25, 0.3) is 0 Å². The minimum atomic E-state index is -0.427. The average molecular weight is 368 g/mol. The number of hydrogen-bond donors (Lipinski definition) is 1. The van der Waals surface area contributed by atoms with Crippen molar-refractivity contribution in [3.05, 3.63) is 35.6 Å². The third-order valence-electron chi connectivity index (χ3n) is 4.24. The van der Waals surface area contributed by atoms with Crippen molar-refractivity contribution in [2.75, 3.05) is 5.75 Å². The molecule has 1 aliphatic heterocycles. The summed E-state index contributed by atoms with van der Waals surface area (Å²) in [4.78, 5) is 11.9. The van der Waals surface area contributed by atoms with Gasteiger partial charge in [-0.3, -0.25) is 4.79 Å². The van der Waals surface area contributed by atoms with Crippen molar-refractivity contribution in [2.45, 2.75) is 76.3 Å². The lowest BCUT2D eigenvalue weighted by molar-refractivity contribution is -0.154. The van der Waals surface area contributed by atoms with Crippen molar-refractivity contribution in [3.63, 3.8) is 0 Å². The predicted molar refractivity (Wildman–Crippen MR) is 102 cm³/mol. The number of esters is 1. The number of halogens is 1. The van der Waals surface area contributed by atoms with Crippen LogP contribution in [0.1, 0.15) is 65.0 Å². The van der Waals surface area contributed by atoms with Crippen molar-refractivity contribution >= 4 is 17.7 Å². The molecular weight excluding hydrogens is 337 g/mol. The highest BCUT2D eigenvalue weighted by Gasteiger charge is 2.34. The quantitative estimate of drug-likeness (QED) is 0.698. The zero-order valence-corrected chi connectivity index (χ0v) is 16.5. The van der Waals surface area contributed by atoms with E-state index in [2.05, 4.69) is 12.2 Å². The summed E-state index contributed by atoms with van der Waals surface area (Å²) in [5.41, 5.74) is 0.584. The lowest BCUT2D eigenvalue weighted by atomic mass is 10.0. The molecule has 1 aromatic carbocycles. The van der Waals surface area contributed by atoms with Crippen LogP contribution in [0.15, 0.2) is 24.3 Å². The fraction of sp³-hybridized carbons (Fsp3) is 0.650. The molecule has 1 aliphatic rings. The summed E-state index contributed by atoms with van der Waals surface area (Å²) in [6.07, 6.45) is 3.60. The topological polar surface area (TPSA) is 38.3 Å². The minimum absolute atomic E-state index is 0.139. The Balaban J connectivity index is 1.89. The summed E-state index contributed by atoms with van der Waals surface area (Å²) in [6, 6.07) is 7.44. The van der Waals surface area contributed by atoms with Crippen LogP contribution in [0.4, 0.5) is 4.39 Å². The highest BCUT2D eigenvalue weighted by Crippen LogP contribution is 2.36. The zero-order valence-electron chi connectivity index (χ0n) is 15.7. The number of hydrogen-bond acceptors (Lipinski definition) is 4. The molecule has 1 N–H and O–H groups in total. The van der Waals surface area contributed by atoms with Gasteiger partial charge >= 0.3 is 5.97 Å². The van der Waals surface area contributed by atoms with Gasteiger partial charge in [-0.25, -0.2) is 4.39 Å². The van der Waals surface area contributed by atoms with E-state index < -0.39 is 5.60 Å². The fourth-order valence-corrected chi connectivity index (χ4v) is 4.60. The molecule has 0 spiro atoms. The number of thioether (sulfide) groups is 1. The normalized spacial score (nSPS) is 23.6. The van der Waals surface area contributed by atoms with Gasteiger partial charge in [-0.1, -0.05) is 25.5 Å². The maximum absolute atomic E-state index is 13.5. The van der Waals surface area contributed by atoms with E-state index in [0.717, 1.165) is 30.6 Å². The van der Waals surface area contributed by atoms with Gasteiger partial charge in [0, 0.05) is 23.1 Å². The largest absolute Gasteiger partial charge is 0.460 e. The van der Waals surface area contributed by atoms with Gasteiger partial charge in [-0.2, -0.15) is 11.8 Å². The first-order valence-electron chi connectivity index (χ1n) is 9.13. The van der Waals surface area contributed by atoms with Gasteiger partial charge in [0.25, 0.3) is 0 Å². The van der Waals surface area contributed by atoms with Gasteiger partial charge in [-0.15, -0.1) is 0 Å². The average Bonchev–Trinajstić information content (AvgIpc) is 2.89. The van der Waals surface area contributed by atoms with Crippen molar-refractivity contribution < 1.29 is 13.9 Å². The van der Waals surface area contributed by atoms with Crippen LogP contribution in [-0.4, -0.2) is 28.6 Å². The summed E-state index contributed by atoms with van der Waals surface area (Å²) in [5.74, 6) is 0.434. The van der Waals surface area contributed by atoms with Gasteiger partial charge < -0.3 is 10.1 Å². The van der Waals surface area contributed by atoms with Crippen LogP contribution in [0.5, 0.6) is 0 Å². The molecule has 5 heteroatoms. The van der Waals surface area contributed by atoms with Crippen LogP contribution in [0.3, 0.4) is 0 Å². The Kier molecular flexibility index (Phi) is 7.32. The molecule has 1 heterocycles. The monoisotopic (exact) mass is 367 g/mol. The number of ether oxygens (including phenoxy) is 1. The van der Waals surface area contributed by atoms with Crippen molar-refractivity contribution in [1.29, 1.82) is 0 Å². The Morgan fingerprint density at radius 3 is 2.80 bits per heavy atom. The van der Waals surface area contributed by atoms with Crippen LogP contribution in [-0.2, 0) is 9.53 Å². The molecule has 0 aliphatic carbocycles. The van der Waals surface area contributed by atoms with E-state index in [1.165, 1.54) is 6.07 Å². The molecule has 0 aromatic heterocycles. The highest BCUT2D eigenvalue weighted by atomic mass is 32.2. The Hall–Kier alpha value is -1.07. The maximum atomic E-state index is 13.5. The van der Waals surface area contributed by atoms with Crippen LogP contribution in [0, 0.1) is 5.82 Å². The predicted octanol–water partition coefficient (Wildman–Crippen LogP) is 4.86. The van der Waals surface area contributed by atoms with Crippen LogP contribution in [0.2, 0.25) is 0 Å². The van der Waals surface area contributed by atoms with E-state index in [0.29, 0.717) is 17.7 Å². The van der Waals surface area contributed by atoms with Crippen molar-refractivity contribution in [3.8, 4) is 0 Å². The molecule has 0 radical (unpaired) electrons. The molecule has 0 saturated carbocycles. The maximum Gasteiger partial charge on any atom is 0.307 e. The second-order valence-electron chi connectivity index (χ2n) is 7.65. The Labute approximate surface area is 155 Å². The Morgan fingerprint density at radius 2 is 2.16 bits per heavy atom. The standard InChI is InChI=1S/C20H30FNO2S/c1-5-7-16-18(25-11-10-19(23)24-20(2,3)4)13-17(22-16)14-8-6-9-15(21)12-14/h6,8-9,12,16-18,22H,5,7,10-11,13H2,1-4H3. The Bertz CT molecular complexity index is 573. The third-order valence-corrected chi connectivity index (χ3v) is 5.63. The molecule has 0 bridgehead atoms. The molecule has 25 heavy (non-hydrogen) atoms. The number of benzene rings is 1. The van der Waals surface area contributed by atoms with E-state index in [-0.39, 0.29) is 17.8 Å². The molecule has 3 atom stereocenters. The summed E-state index contributed by atoms with van der Waals surface area (Å²) >= 11 is 1.83. The van der Waals surface area contributed by atoms with Gasteiger partial charge in [0.1, 0.15) is 11.4 Å². The summed E-state index contributed by atoms with van der Waals surface area (Å²) in [7, 11) is 0. The van der Waals surface area contributed by atoms with Gasteiger partial charge in [0.05, 0.1) is 6.42 Å². The number of rotatable bonds is 7. The van der Waals surface area contributed by atoms with Crippen molar-refractivity contribution in [1.82, 2.24) is 5.32 Å². The molecule has 3 unspecified atom stereocenters. The first-order valence-corrected chi connectivity index (χ1v) is 10.2. The summed E-state index contributed by atoms with van der Waals surface area (Å²) in [6.45, 7) is 7.85. The van der Waals surface area contributed by atoms with Gasteiger partial charge in [0.2, 0.25) is 0 Å². The molecule has 0 amide bonds. The summed E-state index contributed by atoms with van der Waals surface area (Å²) < 4.78 is 18.9. The van der Waals surface area contributed by atoms with E-state index in [1.807, 2.05) is 38.6 Å². The van der Waals surface area contributed by atoms with E-state index >= 15 is 0 Å². The summed E-state index contributed by atoms with van der Waals surface area (Å²) in [5, 5.41) is 4.10. The van der Waals surface area contributed by atoms with Gasteiger partial charge in [0.15, 0.2) is 0 Å². The van der Waals surface area contributed by atoms with E-state index in [4.69, 9.17) is 4.74 Å². The highest BCUT2D eigenvalue weighted by molar-refractivity contribution is 8.00. The number of carbonyl (C=O) groups excluding carboxylic acids is 1. The zero-order chi connectivity index (χ0) is 18.4. The molecule has 2 rings (SSSR count). The number of nitrogens with one attached hydrogen (secondary N) is 1. The molecule has 1 saturated heterocycles. The molecule has 1 fully saturated rings. The molecule has 3 nitrogen and oxygen atoms in total. The van der Waals surface area contributed by atoms with E-state index in [9.17, 15) is 9.18 Å².